The van der Waals surface area contributed by atoms with Crippen molar-refractivity contribution in [3.63, 3.8) is 0 Å². The van der Waals surface area contributed by atoms with E-state index in [4.69, 9.17) is 4.74 Å². The van der Waals surface area contributed by atoms with Gasteiger partial charge in [0.25, 0.3) is 0 Å². The maximum absolute atomic E-state index is 5.43. The minimum atomic E-state index is 0.201. The molecule has 0 unspecified atom stereocenters. The molecule has 1 aliphatic carbocycles. The predicted molar refractivity (Wildman–Crippen MR) is 54.4 cm³/mol. The van der Waals surface area contributed by atoms with E-state index < -0.39 is 0 Å². The van der Waals surface area contributed by atoms with Gasteiger partial charge in [0, 0.05) is 7.11 Å². The van der Waals surface area contributed by atoms with Crippen LogP contribution < -0.4 is 0 Å². The molecule has 1 fully saturated rings. The van der Waals surface area contributed by atoms with Crippen LogP contribution in [0.15, 0.2) is 0 Å². The van der Waals surface area contributed by atoms with Crippen LogP contribution in [0.2, 0.25) is 0 Å². The van der Waals surface area contributed by atoms with E-state index in [-0.39, 0.29) is 5.60 Å². The van der Waals surface area contributed by atoms with Crippen LogP contribution in [0, 0.1) is 5.92 Å². The molecule has 0 aromatic heterocycles. The summed E-state index contributed by atoms with van der Waals surface area (Å²) in [6, 6.07) is 0. The van der Waals surface area contributed by atoms with Crippen molar-refractivity contribution in [1.29, 1.82) is 0 Å². The monoisotopic (exact) mass is 172 g/mol. The summed E-state index contributed by atoms with van der Waals surface area (Å²) < 4.78 is 5.43. The van der Waals surface area contributed by atoms with Crippen molar-refractivity contribution in [2.75, 3.05) is 7.11 Å². The van der Waals surface area contributed by atoms with Crippen LogP contribution in [0.3, 0.4) is 0 Å². The number of rotatable bonds is 1. The van der Waals surface area contributed by atoms with Crippen LogP contribution >= 0.6 is 0 Å². The molecule has 1 rings (SSSR count). The first-order valence-corrected chi connectivity index (χ1v) is 5.21. The van der Waals surface area contributed by atoms with Crippen LogP contribution in [-0.2, 0) is 4.74 Å². The summed E-state index contributed by atoms with van der Waals surface area (Å²) in [6.45, 7) is 8.55. The molecule has 1 aliphatic rings. The molecule has 0 radical (unpaired) electrons. The Kier molecular flexibility index (Phi) is 5.56. The van der Waals surface area contributed by atoms with E-state index in [1.807, 2.05) is 21.0 Å². The van der Waals surface area contributed by atoms with Gasteiger partial charge in [0.05, 0.1) is 5.60 Å². The summed E-state index contributed by atoms with van der Waals surface area (Å²) in [4.78, 5) is 0. The van der Waals surface area contributed by atoms with Gasteiger partial charge in [-0.2, -0.15) is 0 Å². The third-order valence-electron chi connectivity index (χ3n) is 2.82. The number of methoxy groups -OCH3 is 1. The molecule has 0 aromatic carbocycles. The topological polar surface area (TPSA) is 9.23 Å². The molecule has 0 amide bonds. The Balaban J connectivity index is 0.000000561. The minimum Gasteiger partial charge on any atom is -0.379 e. The van der Waals surface area contributed by atoms with E-state index in [9.17, 15) is 0 Å². The Morgan fingerprint density at radius 1 is 1.17 bits per heavy atom. The van der Waals surface area contributed by atoms with Gasteiger partial charge in [-0.15, -0.1) is 0 Å². The van der Waals surface area contributed by atoms with Crippen LogP contribution in [0.1, 0.15) is 53.4 Å². The number of hydrogen-bond acceptors (Lipinski definition) is 1. The van der Waals surface area contributed by atoms with E-state index in [1.165, 1.54) is 25.7 Å². The first-order chi connectivity index (χ1) is 5.66. The second-order valence-corrected chi connectivity index (χ2v) is 3.84. The van der Waals surface area contributed by atoms with E-state index in [0.717, 1.165) is 5.92 Å². The van der Waals surface area contributed by atoms with Crippen molar-refractivity contribution in [2.45, 2.75) is 59.0 Å². The lowest BCUT2D eigenvalue weighted by Gasteiger charge is -2.34. The highest BCUT2D eigenvalue weighted by atomic mass is 16.5. The molecule has 0 N–H and O–H groups in total. The van der Waals surface area contributed by atoms with Gasteiger partial charge in [0.2, 0.25) is 0 Å². The van der Waals surface area contributed by atoms with E-state index in [2.05, 4.69) is 13.8 Å². The lowest BCUT2D eigenvalue weighted by Crippen LogP contribution is -2.31. The van der Waals surface area contributed by atoms with E-state index in [1.54, 1.807) is 0 Å². The van der Waals surface area contributed by atoms with Crippen molar-refractivity contribution in [1.82, 2.24) is 0 Å². The van der Waals surface area contributed by atoms with Gasteiger partial charge >= 0.3 is 0 Å². The summed E-state index contributed by atoms with van der Waals surface area (Å²) in [5, 5.41) is 0. The van der Waals surface area contributed by atoms with Crippen molar-refractivity contribution in [3.05, 3.63) is 0 Å². The number of ether oxygens (including phenoxy) is 1. The third-order valence-corrected chi connectivity index (χ3v) is 2.82. The molecule has 74 valence electrons. The van der Waals surface area contributed by atoms with Gasteiger partial charge in [-0.3, -0.25) is 0 Å². The first kappa shape index (κ1) is 12.0. The Bertz CT molecular complexity index is 102. The highest BCUT2D eigenvalue weighted by Gasteiger charge is 2.28. The fourth-order valence-corrected chi connectivity index (χ4v) is 1.58. The molecule has 12 heavy (non-hydrogen) atoms. The maximum atomic E-state index is 5.43. The standard InChI is InChI=1S/C9H18O.C2H6/c1-8-4-6-9(2,10-3)7-5-8;1-2/h8H,4-7H2,1-3H3;1-2H3. The largest absolute Gasteiger partial charge is 0.379 e. The lowest BCUT2D eigenvalue weighted by molar-refractivity contribution is -0.0320. The Morgan fingerprint density at radius 3 is 1.92 bits per heavy atom. The van der Waals surface area contributed by atoms with Crippen LogP contribution in [0.25, 0.3) is 0 Å². The molecule has 0 heterocycles. The van der Waals surface area contributed by atoms with Gasteiger partial charge in [-0.1, -0.05) is 20.8 Å². The van der Waals surface area contributed by atoms with Gasteiger partial charge < -0.3 is 4.74 Å². The van der Waals surface area contributed by atoms with Gasteiger partial charge in [0.15, 0.2) is 0 Å². The summed E-state index contributed by atoms with van der Waals surface area (Å²) in [5.74, 6) is 0.920. The Morgan fingerprint density at radius 2 is 1.58 bits per heavy atom. The summed E-state index contributed by atoms with van der Waals surface area (Å²) in [5.41, 5.74) is 0.201. The molecular formula is C11H24O. The zero-order chi connectivity index (χ0) is 9.61. The average molecular weight is 172 g/mol. The van der Waals surface area contributed by atoms with Crippen molar-refractivity contribution >= 4 is 0 Å². The highest BCUT2D eigenvalue weighted by Crippen LogP contribution is 2.33. The molecule has 0 saturated heterocycles. The van der Waals surface area contributed by atoms with E-state index in [0.29, 0.717) is 0 Å². The van der Waals surface area contributed by atoms with Crippen molar-refractivity contribution in [3.8, 4) is 0 Å². The SMILES string of the molecule is CC.COC1(C)CCC(C)CC1. The minimum absolute atomic E-state index is 0.201. The lowest BCUT2D eigenvalue weighted by atomic mass is 9.81. The molecule has 0 bridgehead atoms. The van der Waals surface area contributed by atoms with Gasteiger partial charge in [0.1, 0.15) is 0 Å². The fraction of sp³-hybridized carbons (Fsp3) is 1.00. The van der Waals surface area contributed by atoms with Gasteiger partial charge in [-0.25, -0.2) is 0 Å². The summed E-state index contributed by atoms with van der Waals surface area (Å²) in [7, 11) is 1.83. The smallest absolute Gasteiger partial charge is 0.0651 e. The fourth-order valence-electron chi connectivity index (χ4n) is 1.58. The van der Waals surface area contributed by atoms with Crippen LogP contribution in [0.4, 0.5) is 0 Å². The summed E-state index contributed by atoms with van der Waals surface area (Å²) >= 11 is 0. The normalized spacial score (nSPS) is 35.2. The zero-order valence-corrected chi connectivity index (χ0v) is 9.31. The molecule has 0 aromatic rings. The maximum Gasteiger partial charge on any atom is 0.0651 e. The quantitative estimate of drug-likeness (QED) is 0.587. The molecule has 0 aliphatic heterocycles. The summed E-state index contributed by atoms with van der Waals surface area (Å²) in [6.07, 6.45) is 5.16. The molecule has 0 spiro atoms. The molecular weight excluding hydrogens is 148 g/mol. The predicted octanol–water partition coefficient (Wildman–Crippen LogP) is 3.63. The van der Waals surface area contributed by atoms with Crippen LogP contribution in [-0.4, -0.2) is 12.7 Å². The number of hydrogen-bond donors (Lipinski definition) is 0. The second-order valence-electron chi connectivity index (χ2n) is 3.84. The first-order valence-electron chi connectivity index (χ1n) is 5.21. The molecule has 0 atom stereocenters. The zero-order valence-electron chi connectivity index (χ0n) is 9.31. The highest BCUT2D eigenvalue weighted by molar-refractivity contribution is 4.81. The van der Waals surface area contributed by atoms with Crippen molar-refractivity contribution in [2.24, 2.45) is 5.92 Å². The molecule has 1 heteroatoms. The average Bonchev–Trinajstić information content (AvgIpc) is 2.14. The Labute approximate surface area is 77.5 Å². The second kappa shape index (κ2) is 5.58. The van der Waals surface area contributed by atoms with E-state index >= 15 is 0 Å². The Hall–Kier alpha value is -0.0400. The van der Waals surface area contributed by atoms with Gasteiger partial charge in [-0.05, 0) is 38.5 Å². The molecule has 1 saturated carbocycles. The van der Waals surface area contributed by atoms with Crippen LogP contribution in [0.5, 0.6) is 0 Å². The van der Waals surface area contributed by atoms with Crippen molar-refractivity contribution < 1.29 is 4.74 Å². The molecule has 1 nitrogen and oxygen atoms in total. The third kappa shape index (κ3) is 3.57.